The Balaban J connectivity index is 2.09. The summed E-state index contributed by atoms with van der Waals surface area (Å²) in [6.07, 6.45) is 2.18. The second-order valence-electron chi connectivity index (χ2n) is 4.74. The molecule has 4 heteroatoms. The lowest BCUT2D eigenvalue weighted by Crippen LogP contribution is -2.30. The van der Waals surface area contributed by atoms with Crippen molar-refractivity contribution in [3.05, 3.63) is 29.6 Å². The third-order valence-electron chi connectivity index (χ3n) is 2.59. The van der Waals surface area contributed by atoms with Gasteiger partial charge in [0.25, 0.3) is 5.91 Å². The maximum atomic E-state index is 13.7. The number of hydrogen-bond donors (Lipinski definition) is 2. The van der Waals surface area contributed by atoms with Gasteiger partial charge >= 0.3 is 0 Å². The second kappa shape index (κ2) is 4.73. The molecule has 0 radical (unpaired) electrons. The predicted molar refractivity (Wildman–Crippen MR) is 65.6 cm³/mol. The van der Waals surface area contributed by atoms with Crippen LogP contribution in [-0.4, -0.2) is 18.0 Å². The molecule has 17 heavy (non-hydrogen) atoms. The van der Waals surface area contributed by atoms with Gasteiger partial charge in [0.2, 0.25) is 0 Å². The van der Waals surface area contributed by atoms with Gasteiger partial charge in [-0.25, -0.2) is 4.39 Å². The molecule has 0 bridgehead atoms. The van der Waals surface area contributed by atoms with E-state index in [1.54, 1.807) is 12.1 Å². The van der Waals surface area contributed by atoms with Crippen LogP contribution >= 0.6 is 0 Å². The predicted octanol–water partition coefficient (Wildman–Crippen LogP) is 2.54. The first kappa shape index (κ1) is 11.9. The molecule has 2 N–H and O–H groups in total. The Labute approximate surface area is 100 Å². The number of hydrogen-bond acceptors (Lipinski definition) is 2. The topological polar surface area (TPSA) is 41.1 Å². The minimum Gasteiger partial charge on any atom is -0.380 e. The van der Waals surface area contributed by atoms with Gasteiger partial charge < -0.3 is 10.6 Å². The summed E-state index contributed by atoms with van der Waals surface area (Å²) in [5.41, 5.74) is 0.839. The Morgan fingerprint density at radius 3 is 2.65 bits per heavy atom. The zero-order valence-corrected chi connectivity index (χ0v) is 10.1. The molecule has 1 aliphatic carbocycles. The van der Waals surface area contributed by atoms with Gasteiger partial charge in [0.05, 0.1) is 5.69 Å². The van der Waals surface area contributed by atoms with Crippen LogP contribution < -0.4 is 10.6 Å². The summed E-state index contributed by atoms with van der Waals surface area (Å²) in [6, 6.07) is 5.01. The van der Waals surface area contributed by atoms with Gasteiger partial charge in [0.1, 0.15) is 5.82 Å². The minimum atomic E-state index is -0.367. The number of halogens is 1. The van der Waals surface area contributed by atoms with E-state index in [4.69, 9.17) is 0 Å². The van der Waals surface area contributed by atoms with E-state index in [9.17, 15) is 9.18 Å². The molecule has 92 valence electrons. The van der Waals surface area contributed by atoms with Gasteiger partial charge in [0.15, 0.2) is 0 Å². The Kier molecular flexibility index (Phi) is 3.31. The summed E-state index contributed by atoms with van der Waals surface area (Å²) >= 11 is 0. The Hall–Kier alpha value is -1.58. The number of amides is 1. The molecule has 0 heterocycles. The fourth-order valence-electron chi connectivity index (χ4n) is 1.57. The van der Waals surface area contributed by atoms with E-state index in [1.165, 1.54) is 6.07 Å². The fourth-order valence-corrected chi connectivity index (χ4v) is 1.57. The Bertz CT molecular complexity index is 427. The van der Waals surface area contributed by atoms with Crippen LogP contribution in [0.5, 0.6) is 0 Å². The van der Waals surface area contributed by atoms with E-state index in [0.29, 0.717) is 17.3 Å². The smallest absolute Gasteiger partial charge is 0.251 e. The first-order valence-electron chi connectivity index (χ1n) is 5.93. The molecular formula is C13H17FN2O. The van der Waals surface area contributed by atoms with Crippen LogP contribution in [0.25, 0.3) is 0 Å². The SMILES string of the molecule is CC(C)NC(=O)c1ccc(NC2CC2)c(F)c1. The monoisotopic (exact) mass is 236 g/mol. The molecule has 0 atom stereocenters. The van der Waals surface area contributed by atoms with Crippen molar-refractivity contribution in [2.45, 2.75) is 38.8 Å². The van der Waals surface area contributed by atoms with Crippen molar-refractivity contribution in [1.29, 1.82) is 0 Å². The number of benzene rings is 1. The van der Waals surface area contributed by atoms with Crippen LogP contribution in [0.3, 0.4) is 0 Å². The quantitative estimate of drug-likeness (QED) is 0.843. The molecule has 0 spiro atoms. The number of anilines is 1. The highest BCUT2D eigenvalue weighted by molar-refractivity contribution is 5.94. The van der Waals surface area contributed by atoms with Crippen LogP contribution in [0.15, 0.2) is 18.2 Å². The second-order valence-corrected chi connectivity index (χ2v) is 4.74. The van der Waals surface area contributed by atoms with Gasteiger partial charge in [-0.15, -0.1) is 0 Å². The highest BCUT2D eigenvalue weighted by atomic mass is 19.1. The van der Waals surface area contributed by atoms with Crippen LogP contribution in [0.1, 0.15) is 37.0 Å². The highest BCUT2D eigenvalue weighted by Crippen LogP contribution is 2.26. The van der Waals surface area contributed by atoms with E-state index in [2.05, 4.69) is 10.6 Å². The number of rotatable bonds is 4. The van der Waals surface area contributed by atoms with Gasteiger partial charge in [-0.1, -0.05) is 0 Å². The van der Waals surface area contributed by atoms with Crippen LogP contribution in [0.4, 0.5) is 10.1 Å². The van der Waals surface area contributed by atoms with Gasteiger partial charge in [-0.3, -0.25) is 4.79 Å². The molecule has 0 aliphatic heterocycles. The lowest BCUT2D eigenvalue weighted by Gasteiger charge is -2.10. The molecule has 1 amide bonds. The maximum Gasteiger partial charge on any atom is 0.251 e. The Morgan fingerprint density at radius 1 is 1.41 bits per heavy atom. The maximum absolute atomic E-state index is 13.7. The zero-order valence-electron chi connectivity index (χ0n) is 10.1. The van der Waals surface area contributed by atoms with E-state index in [-0.39, 0.29) is 17.8 Å². The molecule has 2 rings (SSSR count). The lowest BCUT2D eigenvalue weighted by atomic mass is 10.1. The summed E-state index contributed by atoms with van der Waals surface area (Å²) in [5, 5.41) is 5.82. The van der Waals surface area contributed by atoms with Gasteiger partial charge in [0, 0.05) is 17.6 Å². The standard InChI is InChI=1S/C13H17FN2O/c1-8(2)15-13(17)9-3-6-12(11(14)7-9)16-10-4-5-10/h3,6-8,10,16H,4-5H2,1-2H3,(H,15,17). The molecule has 1 aliphatic rings. The van der Waals surface area contributed by atoms with Gasteiger partial charge in [-0.2, -0.15) is 0 Å². The van der Waals surface area contributed by atoms with Crippen LogP contribution in [0, 0.1) is 5.82 Å². The molecule has 1 aromatic rings. The van der Waals surface area contributed by atoms with Crippen LogP contribution in [-0.2, 0) is 0 Å². The summed E-state index contributed by atoms with van der Waals surface area (Å²) < 4.78 is 13.7. The van der Waals surface area contributed by atoms with E-state index in [0.717, 1.165) is 12.8 Å². The first-order chi connectivity index (χ1) is 8.06. The molecule has 0 unspecified atom stereocenters. The molecule has 1 aromatic carbocycles. The molecule has 1 fully saturated rings. The molecule has 1 saturated carbocycles. The average Bonchev–Trinajstić information content (AvgIpc) is 3.04. The molecular weight excluding hydrogens is 219 g/mol. The third-order valence-corrected chi connectivity index (χ3v) is 2.59. The average molecular weight is 236 g/mol. The number of carbonyl (C=O) groups is 1. The van der Waals surface area contributed by atoms with Crippen molar-refractivity contribution in [3.63, 3.8) is 0 Å². The van der Waals surface area contributed by atoms with Crippen molar-refractivity contribution < 1.29 is 9.18 Å². The zero-order chi connectivity index (χ0) is 12.4. The van der Waals surface area contributed by atoms with E-state index in [1.807, 2.05) is 13.8 Å². The summed E-state index contributed by atoms with van der Waals surface area (Å²) in [6.45, 7) is 3.74. The third kappa shape index (κ3) is 3.19. The highest BCUT2D eigenvalue weighted by Gasteiger charge is 2.22. The normalized spacial score (nSPS) is 14.8. The molecule has 3 nitrogen and oxygen atoms in total. The summed E-state index contributed by atoms with van der Waals surface area (Å²) in [5.74, 6) is -0.606. The number of carbonyl (C=O) groups excluding carboxylic acids is 1. The lowest BCUT2D eigenvalue weighted by molar-refractivity contribution is 0.0942. The molecule has 0 aromatic heterocycles. The van der Waals surface area contributed by atoms with Crippen molar-refractivity contribution in [3.8, 4) is 0 Å². The minimum absolute atomic E-state index is 0.0508. The first-order valence-corrected chi connectivity index (χ1v) is 5.93. The molecule has 0 saturated heterocycles. The van der Waals surface area contributed by atoms with Crippen LogP contribution in [0.2, 0.25) is 0 Å². The van der Waals surface area contributed by atoms with E-state index >= 15 is 0 Å². The summed E-state index contributed by atoms with van der Waals surface area (Å²) in [4.78, 5) is 11.7. The van der Waals surface area contributed by atoms with Crippen molar-refractivity contribution in [1.82, 2.24) is 5.32 Å². The van der Waals surface area contributed by atoms with Crippen molar-refractivity contribution >= 4 is 11.6 Å². The fraction of sp³-hybridized carbons (Fsp3) is 0.462. The number of nitrogens with one attached hydrogen (secondary N) is 2. The summed E-state index contributed by atoms with van der Waals surface area (Å²) in [7, 11) is 0. The largest absolute Gasteiger partial charge is 0.380 e. The van der Waals surface area contributed by atoms with Crippen molar-refractivity contribution in [2.75, 3.05) is 5.32 Å². The Morgan fingerprint density at radius 2 is 2.12 bits per heavy atom. The van der Waals surface area contributed by atoms with E-state index < -0.39 is 0 Å². The van der Waals surface area contributed by atoms with Crippen molar-refractivity contribution in [2.24, 2.45) is 0 Å². The van der Waals surface area contributed by atoms with Gasteiger partial charge in [-0.05, 0) is 44.9 Å².